The Balaban J connectivity index is 1.40. The third kappa shape index (κ3) is 6.86. The molecule has 0 spiro atoms. The molecule has 0 unspecified atom stereocenters. The molecule has 0 radical (unpaired) electrons. The lowest BCUT2D eigenvalue weighted by Crippen LogP contribution is -2.49. The van der Waals surface area contributed by atoms with Gasteiger partial charge in [0, 0.05) is 0 Å². The fourth-order valence-electron chi connectivity index (χ4n) is 8.08. The number of nitrogens with zero attached hydrogens (tertiary/aromatic N) is 1. The summed E-state index contributed by atoms with van der Waals surface area (Å²) in [5, 5.41) is 0. The number of sulfone groups is 1. The lowest BCUT2D eigenvalue weighted by molar-refractivity contribution is 0.000358. The second-order valence-electron chi connectivity index (χ2n) is 13.6. The maximum Gasteiger partial charge on any atom is 0.210 e. The van der Waals surface area contributed by atoms with Crippen molar-refractivity contribution in [2.75, 3.05) is 5.75 Å². The first kappa shape index (κ1) is 32.8. The van der Waals surface area contributed by atoms with Crippen LogP contribution in [0.2, 0.25) is 18.1 Å². The number of thiazole rings is 1. The summed E-state index contributed by atoms with van der Waals surface area (Å²) in [7, 11) is -5.36. The van der Waals surface area contributed by atoms with E-state index in [0.29, 0.717) is 24.2 Å². The third-order valence-electron chi connectivity index (χ3n) is 10.9. The highest BCUT2D eigenvalue weighted by Crippen LogP contribution is 2.60. The molecule has 2 fully saturated rings. The molecule has 0 bridgehead atoms. The zero-order chi connectivity index (χ0) is 30.1. The van der Waals surface area contributed by atoms with Crippen LogP contribution < -0.4 is 0 Å². The van der Waals surface area contributed by atoms with Crippen molar-refractivity contribution in [1.82, 2.24) is 4.98 Å². The van der Waals surface area contributed by atoms with Gasteiger partial charge >= 0.3 is 0 Å². The number of rotatable bonds is 13. The Bertz CT molecular complexity index is 1280. The van der Waals surface area contributed by atoms with E-state index in [-0.39, 0.29) is 15.5 Å². The second kappa shape index (κ2) is 12.9. The van der Waals surface area contributed by atoms with Crippen LogP contribution in [0.1, 0.15) is 93.4 Å². The Morgan fingerprint density at radius 1 is 1.17 bits per heavy atom. The van der Waals surface area contributed by atoms with E-state index in [1.165, 1.54) is 23.3 Å². The van der Waals surface area contributed by atoms with Gasteiger partial charge in [-0.05, 0) is 112 Å². The first-order chi connectivity index (χ1) is 19.3. The van der Waals surface area contributed by atoms with Crippen LogP contribution in [-0.4, -0.2) is 39.2 Å². The average molecular weight is 622 g/mol. The molecule has 2 saturated carbocycles. The van der Waals surface area contributed by atoms with Gasteiger partial charge in [-0.15, -0.1) is 11.3 Å². The van der Waals surface area contributed by atoms with Crippen molar-refractivity contribution >= 4 is 39.7 Å². The van der Waals surface area contributed by atoms with E-state index in [1.807, 2.05) is 44.2 Å². The van der Waals surface area contributed by atoms with Crippen molar-refractivity contribution in [2.45, 2.75) is 128 Å². The molecule has 2 aliphatic carbocycles. The highest BCUT2D eigenvalue weighted by atomic mass is 32.2. The Morgan fingerprint density at radius 2 is 1.85 bits per heavy atom. The number of halogens is 1. The third-order valence-corrected chi connectivity index (χ3v) is 18.8. The van der Waals surface area contributed by atoms with Gasteiger partial charge in [0.1, 0.15) is 6.17 Å². The smallest absolute Gasteiger partial charge is 0.210 e. The van der Waals surface area contributed by atoms with E-state index in [9.17, 15) is 8.42 Å². The molecule has 1 aromatic carbocycles. The van der Waals surface area contributed by atoms with E-state index >= 15 is 4.39 Å². The van der Waals surface area contributed by atoms with Crippen LogP contribution in [0.5, 0.6) is 0 Å². The molecule has 4 nitrogen and oxygen atoms in total. The van der Waals surface area contributed by atoms with Gasteiger partial charge in [0.2, 0.25) is 14.2 Å². The van der Waals surface area contributed by atoms with E-state index in [1.54, 1.807) is 0 Å². The van der Waals surface area contributed by atoms with Crippen LogP contribution in [0.3, 0.4) is 0 Å². The van der Waals surface area contributed by atoms with Crippen LogP contribution in [-0.2, 0) is 14.3 Å². The van der Waals surface area contributed by atoms with Crippen molar-refractivity contribution in [1.29, 1.82) is 0 Å². The van der Waals surface area contributed by atoms with Gasteiger partial charge < -0.3 is 4.43 Å². The molecule has 0 saturated heterocycles. The lowest BCUT2D eigenvalue weighted by Gasteiger charge is -2.45. The number of alkyl halides is 1. The van der Waals surface area contributed by atoms with Crippen molar-refractivity contribution in [3.63, 3.8) is 0 Å². The molecule has 0 amide bonds. The predicted octanol–water partition coefficient (Wildman–Crippen LogP) is 9.77. The summed E-state index contributed by atoms with van der Waals surface area (Å²) in [5.41, 5.74) is 1.46. The summed E-state index contributed by atoms with van der Waals surface area (Å²) in [6.45, 7) is 15.3. The normalized spacial score (nSPS) is 26.4. The minimum absolute atomic E-state index is 0.0195. The van der Waals surface area contributed by atoms with Gasteiger partial charge in [0.25, 0.3) is 0 Å². The summed E-state index contributed by atoms with van der Waals surface area (Å²) in [5.74, 6) is 1.39. The van der Waals surface area contributed by atoms with Crippen molar-refractivity contribution < 1.29 is 17.2 Å². The van der Waals surface area contributed by atoms with Gasteiger partial charge in [-0.25, -0.2) is 17.8 Å². The predicted molar refractivity (Wildman–Crippen MR) is 174 cm³/mol. The summed E-state index contributed by atoms with van der Waals surface area (Å²) < 4.78 is 49.9. The molecular weight excluding hydrogens is 570 g/mol. The molecule has 230 valence electrons. The van der Waals surface area contributed by atoms with Crippen molar-refractivity contribution in [2.24, 2.45) is 23.2 Å². The van der Waals surface area contributed by atoms with E-state index < -0.39 is 29.9 Å². The average Bonchev–Trinajstić information content (AvgIpc) is 3.55. The second-order valence-corrected chi connectivity index (χ2v) is 21.5. The largest absolute Gasteiger partial charge is 0.409 e. The number of fused-ring (bicyclic) bond motifs is 2. The Morgan fingerprint density at radius 3 is 2.51 bits per heavy atom. The minimum Gasteiger partial charge on any atom is -0.409 e. The maximum absolute atomic E-state index is 15.7. The first-order valence-corrected chi connectivity index (χ1v) is 20.9. The summed E-state index contributed by atoms with van der Waals surface area (Å²) in [6, 6.07) is 10.7. The molecule has 1 aromatic heterocycles. The lowest BCUT2D eigenvalue weighted by atomic mass is 9.60. The van der Waals surface area contributed by atoms with Crippen molar-refractivity contribution in [3.8, 4) is 0 Å². The topological polar surface area (TPSA) is 56.3 Å². The SMILES string of the molecule is CC[Si](CC)(CC)OC(C)(C)[C@@H](F)CC[C@@H](C)[C@H]1CC[C@H]2C(=CCS(=O)(=O)c3nc4ccccc4s3)CCC[C@]12C. The molecule has 0 N–H and O–H groups in total. The monoisotopic (exact) mass is 621 g/mol. The molecule has 4 rings (SSSR count). The maximum atomic E-state index is 15.7. The van der Waals surface area contributed by atoms with Gasteiger partial charge in [0.15, 0.2) is 8.32 Å². The number of hydrogen-bond donors (Lipinski definition) is 0. The number of aromatic nitrogens is 1. The molecule has 8 heteroatoms. The molecule has 5 atom stereocenters. The zero-order valence-electron chi connectivity index (χ0n) is 26.3. The number of benzene rings is 1. The Hall–Kier alpha value is -1.09. The van der Waals surface area contributed by atoms with Gasteiger partial charge in [-0.2, -0.15) is 0 Å². The van der Waals surface area contributed by atoms with Crippen LogP contribution in [0.25, 0.3) is 10.2 Å². The number of hydrogen-bond acceptors (Lipinski definition) is 5. The quantitative estimate of drug-likeness (QED) is 0.165. The van der Waals surface area contributed by atoms with Crippen LogP contribution in [0.4, 0.5) is 4.39 Å². The fourth-order valence-corrected chi connectivity index (χ4v) is 13.7. The molecule has 0 aliphatic heterocycles. The summed E-state index contributed by atoms with van der Waals surface area (Å²) >= 11 is 1.26. The van der Waals surface area contributed by atoms with E-state index in [2.05, 4.69) is 39.6 Å². The zero-order valence-corrected chi connectivity index (χ0v) is 29.0. The number of allylic oxidation sites excluding steroid dienone is 1. The molecule has 2 aromatic rings. The standard InChI is InChI=1S/C33H52FNO3S2Si/c1-8-41(9-2,10-3)38-32(5,6)30(34)20-17-24(4)26-18-19-27-25(14-13-22-33(26,27)7)21-23-40(36,37)31-35-28-15-11-12-16-29(28)39-31/h11-12,15-16,21,24,26-27,30H,8-10,13-14,17-20,22-23H2,1-7H3/t24-,26-,27+,30+,33-/m1/s1. The van der Waals surface area contributed by atoms with Gasteiger partial charge in [-0.3, -0.25) is 0 Å². The van der Waals surface area contributed by atoms with E-state index in [0.717, 1.165) is 60.5 Å². The summed E-state index contributed by atoms with van der Waals surface area (Å²) in [6.07, 6.45) is 7.92. The molecular formula is C33H52FNO3S2Si. The van der Waals surface area contributed by atoms with Gasteiger partial charge in [-0.1, -0.05) is 58.4 Å². The van der Waals surface area contributed by atoms with Crippen molar-refractivity contribution in [3.05, 3.63) is 35.9 Å². The van der Waals surface area contributed by atoms with Crippen LogP contribution in [0.15, 0.2) is 40.3 Å². The summed E-state index contributed by atoms with van der Waals surface area (Å²) in [4.78, 5) is 4.41. The fraction of sp³-hybridized carbons (Fsp3) is 0.727. The molecule has 41 heavy (non-hydrogen) atoms. The highest BCUT2D eigenvalue weighted by Gasteiger charge is 2.51. The highest BCUT2D eigenvalue weighted by molar-refractivity contribution is 7.93. The number of para-hydroxylation sites is 1. The van der Waals surface area contributed by atoms with Crippen LogP contribution >= 0.6 is 11.3 Å². The Labute approximate surface area is 253 Å². The van der Waals surface area contributed by atoms with Crippen LogP contribution in [0, 0.1) is 23.2 Å². The molecule has 2 aliphatic rings. The Kier molecular flexibility index (Phi) is 10.3. The van der Waals surface area contributed by atoms with Gasteiger partial charge in [0.05, 0.1) is 21.6 Å². The van der Waals surface area contributed by atoms with E-state index in [4.69, 9.17) is 4.43 Å². The minimum atomic E-state index is -3.47. The molecule has 1 heterocycles. The first-order valence-electron chi connectivity index (χ1n) is 15.9.